The molecule has 6 heteroatoms. The highest BCUT2D eigenvalue weighted by Crippen LogP contribution is 2.29. The molecule has 4 rings (SSSR count). The summed E-state index contributed by atoms with van der Waals surface area (Å²) in [5.74, 6) is 1.70. The van der Waals surface area contributed by atoms with Crippen LogP contribution in [0.3, 0.4) is 0 Å². The summed E-state index contributed by atoms with van der Waals surface area (Å²) in [4.78, 5) is 12.7. The van der Waals surface area contributed by atoms with Crippen LogP contribution in [0, 0.1) is 0 Å². The Balaban J connectivity index is 1.30. The summed E-state index contributed by atoms with van der Waals surface area (Å²) in [5.41, 5.74) is 3.57. The molecule has 0 fully saturated rings. The molecule has 1 aromatic heterocycles. The number of rotatable bonds is 11. The van der Waals surface area contributed by atoms with Gasteiger partial charge in [0.2, 0.25) is 0 Å². The molecular weight excluding hydrogens is 430 g/mol. The van der Waals surface area contributed by atoms with Crippen molar-refractivity contribution in [3.63, 3.8) is 0 Å². The van der Waals surface area contributed by atoms with E-state index in [2.05, 4.69) is 5.32 Å². The van der Waals surface area contributed by atoms with Crippen molar-refractivity contribution in [2.75, 3.05) is 7.11 Å². The zero-order valence-corrected chi connectivity index (χ0v) is 19.0. The smallest absolute Gasteiger partial charge is 0.251 e. The fraction of sp³-hybridized carbons (Fsp3) is 0.179. The number of furan rings is 1. The maximum atomic E-state index is 12.7. The lowest BCUT2D eigenvalue weighted by Crippen LogP contribution is -2.22. The highest BCUT2D eigenvalue weighted by molar-refractivity contribution is 5.94. The fourth-order valence-corrected chi connectivity index (χ4v) is 3.44. The Morgan fingerprint density at radius 2 is 1.62 bits per heavy atom. The second-order valence-electron chi connectivity index (χ2n) is 7.71. The molecule has 0 saturated carbocycles. The summed E-state index contributed by atoms with van der Waals surface area (Å²) in [5, 5.41) is 2.96. The third-order valence-corrected chi connectivity index (χ3v) is 5.20. The molecular formula is C28H27NO5. The van der Waals surface area contributed by atoms with Crippen LogP contribution in [-0.4, -0.2) is 13.0 Å². The first-order valence-corrected chi connectivity index (χ1v) is 11.0. The van der Waals surface area contributed by atoms with E-state index < -0.39 is 0 Å². The maximum Gasteiger partial charge on any atom is 0.251 e. The average molecular weight is 458 g/mol. The van der Waals surface area contributed by atoms with E-state index in [9.17, 15) is 4.79 Å². The standard InChI is InChI=1S/C28H27NO5/c1-31-27-16-24(12-13-26(27)34-19-21-7-3-2-4-8-21)28(30)29-17-22-9-5-10-23(15-22)18-32-20-25-11-6-14-33-25/h2-16H,17-20H2,1H3,(H,29,30). The topological polar surface area (TPSA) is 69.9 Å². The number of benzene rings is 3. The highest BCUT2D eigenvalue weighted by Gasteiger charge is 2.12. The number of carbonyl (C=O) groups excluding carboxylic acids is 1. The molecule has 0 spiro atoms. The molecule has 0 aliphatic carbocycles. The van der Waals surface area contributed by atoms with Gasteiger partial charge in [-0.15, -0.1) is 0 Å². The molecule has 1 heterocycles. The molecule has 0 radical (unpaired) electrons. The summed E-state index contributed by atoms with van der Waals surface area (Å²) in [6.45, 7) is 1.70. The summed E-state index contributed by atoms with van der Waals surface area (Å²) in [6, 6.07) is 26.7. The predicted molar refractivity (Wildman–Crippen MR) is 129 cm³/mol. The van der Waals surface area contributed by atoms with Gasteiger partial charge in [0.25, 0.3) is 5.91 Å². The fourth-order valence-electron chi connectivity index (χ4n) is 3.44. The lowest BCUT2D eigenvalue weighted by atomic mass is 10.1. The minimum Gasteiger partial charge on any atom is -0.493 e. The molecule has 0 atom stereocenters. The molecule has 0 saturated heterocycles. The van der Waals surface area contributed by atoms with Gasteiger partial charge < -0.3 is 23.9 Å². The normalized spacial score (nSPS) is 10.6. The minimum atomic E-state index is -0.188. The van der Waals surface area contributed by atoms with Gasteiger partial charge in [0.15, 0.2) is 11.5 Å². The summed E-state index contributed by atoms with van der Waals surface area (Å²) < 4.78 is 22.3. The molecule has 0 aliphatic rings. The number of amides is 1. The van der Waals surface area contributed by atoms with Gasteiger partial charge in [-0.2, -0.15) is 0 Å². The number of nitrogens with one attached hydrogen (secondary N) is 1. The van der Waals surface area contributed by atoms with Crippen LogP contribution >= 0.6 is 0 Å². The van der Waals surface area contributed by atoms with E-state index in [1.807, 2.05) is 66.7 Å². The molecule has 174 valence electrons. The van der Waals surface area contributed by atoms with Crippen molar-refractivity contribution in [2.45, 2.75) is 26.4 Å². The first-order chi connectivity index (χ1) is 16.7. The van der Waals surface area contributed by atoms with Crippen molar-refractivity contribution in [3.8, 4) is 11.5 Å². The summed E-state index contributed by atoms with van der Waals surface area (Å²) in [6.07, 6.45) is 1.63. The second-order valence-corrected chi connectivity index (χ2v) is 7.71. The Hall–Kier alpha value is -4.03. The van der Waals surface area contributed by atoms with Crippen LogP contribution in [0.1, 0.15) is 32.8 Å². The van der Waals surface area contributed by atoms with Crippen LogP contribution in [0.25, 0.3) is 0 Å². The summed E-state index contributed by atoms with van der Waals surface area (Å²) >= 11 is 0. The summed E-state index contributed by atoms with van der Waals surface area (Å²) in [7, 11) is 1.56. The molecule has 0 unspecified atom stereocenters. The van der Waals surface area contributed by atoms with E-state index in [1.165, 1.54) is 0 Å². The third kappa shape index (κ3) is 6.49. The van der Waals surface area contributed by atoms with Crippen molar-refractivity contribution in [1.82, 2.24) is 5.32 Å². The third-order valence-electron chi connectivity index (χ3n) is 5.20. The van der Waals surface area contributed by atoms with Crippen LogP contribution < -0.4 is 14.8 Å². The monoisotopic (exact) mass is 457 g/mol. The maximum absolute atomic E-state index is 12.7. The van der Waals surface area contributed by atoms with Gasteiger partial charge in [0, 0.05) is 12.1 Å². The van der Waals surface area contributed by atoms with Gasteiger partial charge in [0.05, 0.1) is 20.0 Å². The highest BCUT2D eigenvalue weighted by atomic mass is 16.5. The Labute approximate surface area is 199 Å². The molecule has 34 heavy (non-hydrogen) atoms. The lowest BCUT2D eigenvalue weighted by molar-refractivity contribution is 0.0928. The second kappa shape index (κ2) is 11.7. The lowest BCUT2D eigenvalue weighted by Gasteiger charge is -2.13. The van der Waals surface area contributed by atoms with E-state index in [0.29, 0.717) is 43.4 Å². The van der Waals surface area contributed by atoms with E-state index in [-0.39, 0.29) is 5.91 Å². The van der Waals surface area contributed by atoms with Crippen molar-refractivity contribution < 1.29 is 23.4 Å². The first kappa shape index (κ1) is 23.1. The number of carbonyl (C=O) groups is 1. The molecule has 6 nitrogen and oxygen atoms in total. The zero-order valence-electron chi connectivity index (χ0n) is 19.0. The van der Waals surface area contributed by atoms with Gasteiger partial charge in [-0.3, -0.25) is 4.79 Å². The van der Waals surface area contributed by atoms with Crippen molar-refractivity contribution in [2.24, 2.45) is 0 Å². The van der Waals surface area contributed by atoms with E-state index >= 15 is 0 Å². The predicted octanol–water partition coefficient (Wildman–Crippen LogP) is 5.51. The van der Waals surface area contributed by atoms with Crippen LogP contribution in [0.4, 0.5) is 0 Å². The van der Waals surface area contributed by atoms with Gasteiger partial charge >= 0.3 is 0 Å². The largest absolute Gasteiger partial charge is 0.493 e. The van der Waals surface area contributed by atoms with Gasteiger partial charge in [-0.1, -0.05) is 54.6 Å². The van der Waals surface area contributed by atoms with Gasteiger partial charge in [-0.05, 0) is 47.0 Å². The number of hydrogen-bond donors (Lipinski definition) is 1. The van der Waals surface area contributed by atoms with E-state index in [1.54, 1.807) is 31.6 Å². The van der Waals surface area contributed by atoms with E-state index in [4.69, 9.17) is 18.6 Å². The Kier molecular flexibility index (Phi) is 7.98. The van der Waals surface area contributed by atoms with Crippen LogP contribution in [0.15, 0.2) is 95.6 Å². The Bertz CT molecular complexity index is 1190. The van der Waals surface area contributed by atoms with Crippen molar-refractivity contribution >= 4 is 5.91 Å². The van der Waals surface area contributed by atoms with Crippen molar-refractivity contribution in [1.29, 1.82) is 0 Å². The number of methoxy groups -OCH3 is 1. The Morgan fingerprint density at radius 1 is 0.794 bits per heavy atom. The quantitative estimate of drug-likeness (QED) is 0.321. The molecule has 4 aromatic rings. The van der Waals surface area contributed by atoms with Gasteiger partial charge in [-0.25, -0.2) is 0 Å². The Morgan fingerprint density at radius 3 is 2.41 bits per heavy atom. The van der Waals surface area contributed by atoms with E-state index in [0.717, 1.165) is 22.5 Å². The molecule has 0 aliphatic heterocycles. The number of ether oxygens (including phenoxy) is 3. The zero-order chi connectivity index (χ0) is 23.6. The van der Waals surface area contributed by atoms with Crippen molar-refractivity contribution in [3.05, 3.63) is 119 Å². The van der Waals surface area contributed by atoms with Crippen LogP contribution in [0.2, 0.25) is 0 Å². The molecule has 3 aromatic carbocycles. The molecule has 1 amide bonds. The van der Waals surface area contributed by atoms with Crippen LogP contribution in [-0.2, 0) is 31.1 Å². The number of hydrogen-bond acceptors (Lipinski definition) is 5. The molecule has 1 N–H and O–H groups in total. The van der Waals surface area contributed by atoms with Crippen LogP contribution in [0.5, 0.6) is 11.5 Å². The van der Waals surface area contributed by atoms with Gasteiger partial charge in [0.1, 0.15) is 19.0 Å². The first-order valence-electron chi connectivity index (χ1n) is 11.0. The minimum absolute atomic E-state index is 0.188. The average Bonchev–Trinajstić information content (AvgIpc) is 3.40. The SMILES string of the molecule is COc1cc(C(=O)NCc2cccc(COCc3ccco3)c2)ccc1OCc1ccccc1. The molecule has 0 bridgehead atoms.